The molecule has 1 heterocycles. The van der Waals surface area contributed by atoms with Gasteiger partial charge in [0.15, 0.2) is 0 Å². The summed E-state index contributed by atoms with van der Waals surface area (Å²) in [5.74, 6) is 0. The highest BCUT2D eigenvalue weighted by molar-refractivity contribution is 5.07. The van der Waals surface area contributed by atoms with E-state index in [4.69, 9.17) is 0 Å². The number of nitrogens with one attached hydrogen (secondary N) is 1. The van der Waals surface area contributed by atoms with Crippen LogP contribution in [0.2, 0.25) is 0 Å². The highest BCUT2D eigenvalue weighted by Crippen LogP contribution is 2.12. The van der Waals surface area contributed by atoms with Gasteiger partial charge >= 0.3 is 0 Å². The van der Waals surface area contributed by atoms with Crippen LogP contribution in [-0.4, -0.2) is 11.0 Å². The van der Waals surface area contributed by atoms with Crippen LogP contribution in [0.5, 0.6) is 0 Å². The predicted molar refractivity (Wildman–Crippen MR) is 64.8 cm³/mol. The van der Waals surface area contributed by atoms with Crippen molar-refractivity contribution in [3.05, 3.63) is 30.1 Å². The number of nitrogens with zero attached hydrogens (tertiary/aromatic N) is 1. The van der Waals surface area contributed by atoms with Crippen LogP contribution in [-0.2, 0) is 0 Å². The SMILES string of the molecule is CCCC(CC)N[C@H](C)c1ccccn1. The topological polar surface area (TPSA) is 24.9 Å². The molecule has 0 saturated heterocycles. The summed E-state index contributed by atoms with van der Waals surface area (Å²) in [6.07, 6.45) is 5.52. The molecule has 0 fully saturated rings. The standard InChI is InChI=1S/C13H22N2/c1-4-8-12(5-2)15-11(3)13-9-6-7-10-14-13/h6-7,9-12,15H,4-5,8H2,1-3H3/t11-,12?/m1/s1. The van der Waals surface area contributed by atoms with Crippen LogP contribution in [0, 0.1) is 0 Å². The van der Waals surface area contributed by atoms with Gasteiger partial charge in [0.05, 0.1) is 5.69 Å². The molecule has 1 aromatic rings. The summed E-state index contributed by atoms with van der Waals surface area (Å²) in [6.45, 7) is 6.65. The number of pyridine rings is 1. The van der Waals surface area contributed by atoms with Gasteiger partial charge in [0.2, 0.25) is 0 Å². The molecule has 84 valence electrons. The monoisotopic (exact) mass is 206 g/mol. The molecular formula is C13H22N2. The Morgan fingerprint density at radius 2 is 2.13 bits per heavy atom. The highest BCUT2D eigenvalue weighted by atomic mass is 15.0. The number of hydrogen-bond acceptors (Lipinski definition) is 2. The second-order valence-corrected chi connectivity index (χ2v) is 4.04. The Morgan fingerprint density at radius 3 is 2.67 bits per heavy atom. The van der Waals surface area contributed by atoms with Crippen LogP contribution in [0.25, 0.3) is 0 Å². The van der Waals surface area contributed by atoms with Crippen molar-refractivity contribution in [2.24, 2.45) is 0 Å². The van der Waals surface area contributed by atoms with Crippen LogP contribution in [0.3, 0.4) is 0 Å². The summed E-state index contributed by atoms with van der Waals surface area (Å²) in [7, 11) is 0. The zero-order valence-electron chi connectivity index (χ0n) is 10.0. The Labute approximate surface area is 93.1 Å². The second kappa shape index (κ2) is 6.57. The lowest BCUT2D eigenvalue weighted by molar-refractivity contribution is 0.412. The van der Waals surface area contributed by atoms with Gasteiger partial charge in [-0.05, 0) is 31.9 Å². The fraction of sp³-hybridized carbons (Fsp3) is 0.615. The third-order valence-corrected chi connectivity index (χ3v) is 2.75. The molecule has 0 radical (unpaired) electrons. The first-order chi connectivity index (χ1) is 7.27. The van der Waals surface area contributed by atoms with Gasteiger partial charge in [-0.2, -0.15) is 0 Å². The lowest BCUT2D eigenvalue weighted by Gasteiger charge is -2.21. The lowest BCUT2D eigenvalue weighted by Crippen LogP contribution is -2.31. The lowest BCUT2D eigenvalue weighted by atomic mass is 10.1. The van der Waals surface area contributed by atoms with E-state index in [2.05, 4.69) is 37.1 Å². The van der Waals surface area contributed by atoms with Crippen LogP contribution >= 0.6 is 0 Å². The minimum absolute atomic E-state index is 0.350. The van der Waals surface area contributed by atoms with E-state index < -0.39 is 0 Å². The molecule has 1 aromatic heterocycles. The van der Waals surface area contributed by atoms with Crippen molar-refractivity contribution in [1.82, 2.24) is 10.3 Å². The van der Waals surface area contributed by atoms with Gasteiger partial charge in [-0.25, -0.2) is 0 Å². The minimum atomic E-state index is 0.350. The van der Waals surface area contributed by atoms with E-state index >= 15 is 0 Å². The Balaban J connectivity index is 2.50. The zero-order valence-corrected chi connectivity index (χ0v) is 10.0. The number of aromatic nitrogens is 1. The molecule has 0 aromatic carbocycles. The van der Waals surface area contributed by atoms with Gasteiger partial charge in [0.25, 0.3) is 0 Å². The van der Waals surface area contributed by atoms with Gasteiger partial charge in [-0.15, -0.1) is 0 Å². The molecule has 0 aliphatic carbocycles. The Hall–Kier alpha value is -0.890. The summed E-state index contributed by atoms with van der Waals surface area (Å²) in [5.41, 5.74) is 1.13. The quantitative estimate of drug-likeness (QED) is 0.772. The second-order valence-electron chi connectivity index (χ2n) is 4.04. The van der Waals surface area contributed by atoms with Crippen LogP contribution in [0.1, 0.15) is 51.8 Å². The summed E-state index contributed by atoms with van der Waals surface area (Å²) in [4.78, 5) is 4.36. The fourth-order valence-electron chi connectivity index (χ4n) is 1.82. The molecule has 0 aliphatic heterocycles. The summed E-state index contributed by atoms with van der Waals surface area (Å²) in [6, 6.07) is 7.05. The van der Waals surface area contributed by atoms with Gasteiger partial charge in [0.1, 0.15) is 0 Å². The van der Waals surface area contributed by atoms with Gasteiger partial charge in [-0.3, -0.25) is 4.98 Å². The van der Waals surface area contributed by atoms with Crippen LogP contribution in [0.15, 0.2) is 24.4 Å². The van der Waals surface area contributed by atoms with E-state index in [0.717, 1.165) is 5.69 Å². The van der Waals surface area contributed by atoms with Crippen molar-refractivity contribution >= 4 is 0 Å². The molecule has 2 heteroatoms. The van der Waals surface area contributed by atoms with E-state index in [9.17, 15) is 0 Å². The Bertz CT molecular complexity index is 258. The smallest absolute Gasteiger partial charge is 0.0570 e. The van der Waals surface area contributed by atoms with Crippen molar-refractivity contribution in [3.8, 4) is 0 Å². The molecular weight excluding hydrogens is 184 g/mol. The van der Waals surface area contributed by atoms with Gasteiger partial charge in [0, 0.05) is 18.3 Å². The molecule has 0 bridgehead atoms. The van der Waals surface area contributed by atoms with E-state index in [1.165, 1.54) is 19.3 Å². The number of rotatable bonds is 6. The number of hydrogen-bond donors (Lipinski definition) is 1. The average Bonchev–Trinajstić information content (AvgIpc) is 2.29. The third-order valence-electron chi connectivity index (χ3n) is 2.75. The summed E-state index contributed by atoms with van der Waals surface area (Å²) < 4.78 is 0. The maximum atomic E-state index is 4.36. The molecule has 1 N–H and O–H groups in total. The molecule has 0 saturated carbocycles. The average molecular weight is 206 g/mol. The van der Waals surface area contributed by atoms with Crippen LogP contribution < -0.4 is 5.32 Å². The molecule has 1 unspecified atom stereocenters. The molecule has 0 amide bonds. The van der Waals surface area contributed by atoms with Gasteiger partial charge in [-0.1, -0.05) is 26.3 Å². The fourth-order valence-corrected chi connectivity index (χ4v) is 1.82. The Kier molecular flexibility index (Phi) is 5.33. The normalized spacial score (nSPS) is 14.9. The first-order valence-electron chi connectivity index (χ1n) is 5.94. The largest absolute Gasteiger partial charge is 0.306 e. The Morgan fingerprint density at radius 1 is 1.33 bits per heavy atom. The molecule has 2 nitrogen and oxygen atoms in total. The van der Waals surface area contributed by atoms with Crippen molar-refractivity contribution in [3.63, 3.8) is 0 Å². The third kappa shape index (κ3) is 4.00. The zero-order chi connectivity index (χ0) is 11.1. The van der Waals surface area contributed by atoms with Gasteiger partial charge < -0.3 is 5.32 Å². The maximum Gasteiger partial charge on any atom is 0.0570 e. The first kappa shape index (κ1) is 12.2. The highest BCUT2D eigenvalue weighted by Gasteiger charge is 2.11. The van der Waals surface area contributed by atoms with Crippen molar-refractivity contribution in [2.75, 3.05) is 0 Å². The van der Waals surface area contributed by atoms with Crippen molar-refractivity contribution in [1.29, 1.82) is 0 Å². The molecule has 0 spiro atoms. The van der Waals surface area contributed by atoms with Crippen LogP contribution in [0.4, 0.5) is 0 Å². The molecule has 2 atom stereocenters. The minimum Gasteiger partial charge on any atom is -0.306 e. The molecule has 15 heavy (non-hydrogen) atoms. The summed E-state index contributed by atoms with van der Waals surface area (Å²) >= 11 is 0. The van der Waals surface area contributed by atoms with E-state index in [0.29, 0.717) is 12.1 Å². The van der Waals surface area contributed by atoms with E-state index in [-0.39, 0.29) is 0 Å². The van der Waals surface area contributed by atoms with E-state index in [1.54, 1.807) is 0 Å². The van der Waals surface area contributed by atoms with Crippen molar-refractivity contribution < 1.29 is 0 Å². The maximum absolute atomic E-state index is 4.36. The predicted octanol–water partition coefficient (Wildman–Crippen LogP) is 3.31. The summed E-state index contributed by atoms with van der Waals surface area (Å²) in [5, 5.41) is 3.62. The van der Waals surface area contributed by atoms with E-state index in [1.807, 2.05) is 18.3 Å². The molecule has 0 aliphatic rings. The van der Waals surface area contributed by atoms with Crippen molar-refractivity contribution in [2.45, 2.75) is 52.1 Å². The first-order valence-corrected chi connectivity index (χ1v) is 5.94. The molecule has 1 rings (SSSR count).